The summed E-state index contributed by atoms with van der Waals surface area (Å²) in [5.74, 6) is 0.0428. The second-order valence-corrected chi connectivity index (χ2v) is 15.8. The van der Waals surface area contributed by atoms with Gasteiger partial charge in [-0.25, -0.2) is 4.98 Å². The number of aromatic nitrogens is 3. The Labute approximate surface area is 317 Å². The molecule has 4 heterocycles. The summed E-state index contributed by atoms with van der Waals surface area (Å²) in [5, 5.41) is 19.6. The molecule has 276 valence electrons. The Hall–Kier alpha value is -4.49. The predicted molar refractivity (Wildman–Crippen MR) is 201 cm³/mol. The SMILES string of the molecule is COc1cc(-c2nccc(-c3cccc(NC(=O)c4nc5c(n4C)CCN(CC46CC(C(=O)O)(C4)C6)C5)c3Cl)c2Cl)ccc1CNCC1CCC(=O)N1. The molecule has 3 saturated carbocycles. The number of imidazole rings is 1. The van der Waals surface area contributed by atoms with Crippen molar-refractivity contribution < 1.29 is 24.2 Å². The van der Waals surface area contributed by atoms with Crippen LogP contribution in [-0.2, 0) is 36.1 Å². The van der Waals surface area contributed by atoms with E-state index in [0.717, 1.165) is 67.7 Å². The van der Waals surface area contributed by atoms with Crippen LogP contribution in [0.2, 0.25) is 10.0 Å². The van der Waals surface area contributed by atoms with Crippen molar-refractivity contribution in [2.24, 2.45) is 17.9 Å². The van der Waals surface area contributed by atoms with Gasteiger partial charge >= 0.3 is 5.97 Å². The van der Waals surface area contributed by atoms with Gasteiger partial charge in [0.25, 0.3) is 5.91 Å². The molecule has 12 nitrogen and oxygen atoms in total. The number of carboxylic acid groups (broad SMARTS) is 1. The number of benzene rings is 2. The fourth-order valence-corrected chi connectivity index (χ4v) is 9.50. The maximum Gasteiger partial charge on any atom is 0.309 e. The van der Waals surface area contributed by atoms with Gasteiger partial charge in [-0.15, -0.1) is 0 Å². The highest BCUT2D eigenvalue weighted by atomic mass is 35.5. The smallest absolute Gasteiger partial charge is 0.309 e. The third kappa shape index (κ3) is 6.45. The van der Waals surface area contributed by atoms with Crippen LogP contribution in [0.3, 0.4) is 0 Å². The van der Waals surface area contributed by atoms with E-state index in [0.29, 0.717) is 70.2 Å². The van der Waals surface area contributed by atoms with Gasteiger partial charge in [0.2, 0.25) is 5.91 Å². The first-order valence-corrected chi connectivity index (χ1v) is 18.7. The van der Waals surface area contributed by atoms with Gasteiger partial charge in [-0.3, -0.25) is 24.3 Å². The summed E-state index contributed by atoms with van der Waals surface area (Å²) in [6.07, 6.45) is 6.10. The first-order chi connectivity index (χ1) is 25.5. The molecule has 1 unspecified atom stereocenters. The molecular formula is C39H41Cl2N7O5. The van der Waals surface area contributed by atoms with Crippen molar-refractivity contribution >= 4 is 46.7 Å². The Morgan fingerprint density at radius 2 is 1.89 bits per heavy atom. The highest BCUT2D eigenvalue weighted by molar-refractivity contribution is 6.39. The normalized spacial score (nSPS) is 23.1. The first-order valence-electron chi connectivity index (χ1n) is 17.9. The van der Waals surface area contributed by atoms with Crippen molar-refractivity contribution in [2.45, 2.75) is 57.7 Å². The highest BCUT2D eigenvalue weighted by Crippen LogP contribution is 2.73. The zero-order chi connectivity index (χ0) is 37.1. The molecule has 4 aromatic rings. The number of nitrogens with zero attached hydrogens (tertiary/aromatic N) is 4. The molecule has 5 aliphatic rings. The standard InChI is InChI=1S/C39H41Cl2N7O5/c1-47-29-11-13-48(21-38-18-39(19-38,20-38)37(51)52)17-28(29)45-35(47)36(50)46-27-5-3-4-25(32(27)40)26-10-12-43-34(33(26)41)22-6-7-23(30(14-22)53-2)15-42-16-24-8-9-31(49)44-24/h3-7,10,12,14,24,42H,8-9,11,13,15-21H2,1-2H3,(H,44,49)(H,46,50)(H,51,52). The lowest BCUT2D eigenvalue weighted by molar-refractivity contribution is -0.228. The largest absolute Gasteiger partial charge is 0.496 e. The van der Waals surface area contributed by atoms with Crippen LogP contribution < -0.4 is 20.7 Å². The summed E-state index contributed by atoms with van der Waals surface area (Å²) in [4.78, 5) is 48.5. The Bertz CT molecular complexity index is 2130. The molecule has 3 aliphatic carbocycles. The monoisotopic (exact) mass is 757 g/mol. The molecule has 2 bridgehead atoms. The fourth-order valence-electron chi connectivity index (χ4n) is 8.90. The number of hydrogen-bond acceptors (Lipinski definition) is 8. The van der Waals surface area contributed by atoms with Crippen molar-refractivity contribution in [2.75, 3.05) is 32.1 Å². The van der Waals surface area contributed by atoms with Gasteiger partial charge in [-0.2, -0.15) is 0 Å². The number of carboxylic acids is 1. The lowest BCUT2D eigenvalue weighted by Gasteiger charge is -2.69. The van der Waals surface area contributed by atoms with Gasteiger partial charge in [0.05, 0.1) is 39.6 Å². The quantitative estimate of drug-likeness (QED) is 0.143. The van der Waals surface area contributed by atoms with Gasteiger partial charge in [0, 0.05) is 92.8 Å². The number of halogens is 2. The van der Waals surface area contributed by atoms with Gasteiger partial charge in [0.15, 0.2) is 5.82 Å². The van der Waals surface area contributed by atoms with E-state index in [-0.39, 0.29) is 23.3 Å². The number of aliphatic carboxylic acids is 1. The number of amides is 2. The van der Waals surface area contributed by atoms with Crippen molar-refractivity contribution in [3.05, 3.63) is 81.5 Å². The molecule has 14 heteroatoms. The van der Waals surface area contributed by atoms with E-state index < -0.39 is 11.4 Å². The molecule has 1 atom stereocenters. The maximum absolute atomic E-state index is 13.7. The van der Waals surface area contributed by atoms with Crippen molar-refractivity contribution in [1.82, 2.24) is 30.1 Å². The maximum atomic E-state index is 13.7. The van der Waals surface area contributed by atoms with E-state index in [9.17, 15) is 19.5 Å². The molecular weight excluding hydrogens is 717 g/mol. The number of methoxy groups -OCH3 is 1. The first kappa shape index (κ1) is 35.5. The average Bonchev–Trinajstić information content (AvgIpc) is 3.68. The number of nitrogens with one attached hydrogen (secondary N) is 3. The molecule has 4 fully saturated rings. The number of ether oxygens (including phenoxy) is 1. The van der Waals surface area contributed by atoms with Crippen LogP contribution in [0.4, 0.5) is 5.69 Å². The zero-order valence-corrected chi connectivity index (χ0v) is 31.1. The molecule has 1 saturated heterocycles. The van der Waals surface area contributed by atoms with Crippen molar-refractivity contribution in [1.29, 1.82) is 0 Å². The van der Waals surface area contributed by atoms with Gasteiger partial charge < -0.3 is 30.4 Å². The molecule has 2 aromatic heterocycles. The van der Waals surface area contributed by atoms with Gasteiger partial charge in [-0.05, 0) is 49.3 Å². The molecule has 2 amide bonds. The number of carbonyl (C=O) groups excluding carboxylic acids is 2. The Morgan fingerprint density at radius 3 is 2.62 bits per heavy atom. The van der Waals surface area contributed by atoms with Crippen molar-refractivity contribution in [3.63, 3.8) is 0 Å². The Morgan fingerprint density at radius 1 is 1.09 bits per heavy atom. The summed E-state index contributed by atoms with van der Waals surface area (Å²) in [6.45, 7) is 3.58. The highest BCUT2D eigenvalue weighted by Gasteiger charge is 2.71. The summed E-state index contributed by atoms with van der Waals surface area (Å²) in [6, 6.07) is 13.2. The summed E-state index contributed by atoms with van der Waals surface area (Å²) in [5.41, 5.74) is 5.54. The average molecular weight is 759 g/mol. The molecule has 9 rings (SSSR count). The third-order valence-electron chi connectivity index (χ3n) is 11.5. The third-order valence-corrected chi connectivity index (χ3v) is 12.3. The lowest BCUT2D eigenvalue weighted by atomic mass is 9.35. The lowest BCUT2D eigenvalue weighted by Crippen LogP contribution is -2.68. The van der Waals surface area contributed by atoms with Gasteiger partial charge in [0.1, 0.15) is 5.75 Å². The van der Waals surface area contributed by atoms with E-state index in [1.165, 1.54) is 0 Å². The molecule has 4 N–H and O–H groups in total. The summed E-state index contributed by atoms with van der Waals surface area (Å²) < 4.78 is 7.58. The predicted octanol–water partition coefficient (Wildman–Crippen LogP) is 5.70. The van der Waals surface area contributed by atoms with Crippen LogP contribution in [0, 0.1) is 10.8 Å². The number of pyridine rings is 1. The topological polar surface area (TPSA) is 151 Å². The number of fused-ring (bicyclic) bond motifs is 1. The Balaban J connectivity index is 0.959. The minimum absolute atomic E-state index is 0.0922. The zero-order valence-electron chi connectivity index (χ0n) is 29.6. The van der Waals surface area contributed by atoms with Gasteiger partial charge in [-0.1, -0.05) is 47.5 Å². The minimum atomic E-state index is -0.666. The molecule has 0 radical (unpaired) electrons. The van der Waals surface area contributed by atoms with Crippen LogP contribution in [0.25, 0.3) is 22.4 Å². The summed E-state index contributed by atoms with van der Waals surface area (Å²) >= 11 is 14.0. The molecule has 2 aliphatic heterocycles. The fraction of sp³-hybridized carbons (Fsp3) is 0.410. The number of hydrogen-bond donors (Lipinski definition) is 4. The second-order valence-electron chi connectivity index (χ2n) is 15.1. The summed E-state index contributed by atoms with van der Waals surface area (Å²) in [7, 11) is 3.48. The molecule has 2 aromatic carbocycles. The number of rotatable bonds is 12. The number of anilines is 1. The van der Waals surface area contributed by atoms with Crippen LogP contribution in [0.5, 0.6) is 5.75 Å². The van der Waals surface area contributed by atoms with Crippen LogP contribution in [0.1, 0.15) is 59.7 Å². The molecule has 0 spiro atoms. The van der Waals surface area contributed by atoms with Crippen molar-refractivity contribution in [3.8, 4) is 28.1 Å². The van der Waals surface area contributed by atoms with Crippen LogP contribution in [-0.4, -0.2) is 75.1 Å². The van der Waals surface area contributed by atoms with E-state index in [2.05, 4.69) is 25.8 Å². The van der Waals surface area contributed by atoms with Crippen LogP contribution >= 0.6 is 23.2 Å². The minimum Gasteiger partial charge on any atom is -0.496 e. The van der Waals surface area contributed by atoms with E-state index in [4.69, 9.17) is 32.9 Å². The van der Waals surface area contributed by atoms with E-state index >= 15 is 0 Å². The Kier molecular flexibility index (Phi) is 9.21. The van der Waals surface area contributed by atoms with Crippen LogP contribution in [0.15, 0.2) is 48.7 Å². The molecule has 53 heavy (non-hydrogen) atoms. The van der Waals surface area contributed by atoms with E-state index in [1.54, 1.807) is 25.4 Å². The second kappa shape index (κ2) is 13.7. The number of carbonyl (C=O) groups is 3. The van der Waals surface area contributed by atoms with E-state index in [1.807, 2.05) is 41.9 Å².